The number of rotatable bonds is 3. The molecule has 0 saturated heterocycles. The third-order valence-electron chi connectivity index (χ3n) is 4.47. The molecule has 1 N–H and O–H groups in total. The van der Waals surface area contributed by atoms with Crippen molar-refractivity contribution in [3.8, 4) is 0 Å². The molecule has 126 valence electrons. The zero-order valence-corrected chi connectivity index (χ0v) is 14.5. The number of fused-ring (bicyclic) bond motifs is 1. The maximum Gasteiger partial charge on any atom is 0.258 e. The molecular weight excluding hydrogens is 334 g/mol. The van der Waals surface area contributed by atoms with Crippen molar-refractivity contribution in [2.45, 2.75) is 19.4 Å². The first-order valence-corrected chi connectivity index (χ1v) is 8.74. The van der Waals surface area contributed by atoms with Gasteiger partial charge in [-0.1, -0.05) is 35.9 Å². The van der Waals surface area contributed by atoms with Gasteiger partial charge in [0.15, 0.2) is 0 Å². The Morgan fingerprint density at radius 3 is 3.00 bits per heavy atom. The molecule has 0 unspecified atom stereocenters. The molecule has 25 heavy (non-hydrogen) atoms. The van der Waals surface area contributed by atoms with Crippen LogP contribution in [0.5, 0.6) is 0 Å². The predicted molar refractivity (Wildman–Crippen MR) is 101 cm³/mol. The topological polar surface area (TPSA) is 49.0 Å². The molecule has 0 amide bonds. The summed E-state index contributed by atoms with van der Waals surface area (Å²) in [5, 5.41) is 1.14. The van der Waals surface area contributed by atoms with Crippen molar-refractivity contribution in [3.63, 3.8) is 0 Å². The van der Waals surface area contributed by atoms with Crippen LogP contribution in [0, 0.1) is 0 Å². The summed E-state index contributed by atoms with van der Waals surface area (Å²) < 4.78 is 0. The number of allylic oxidation sites excluding steroid dienone is 6. The number of aromatic amines is 1. The van der Waals surface area contributed by atoms with Crippen molar-refractivity contribution in [2.75, 3.05) is 6.54 Å². The van der Waals surface area contributed by atoms with Gasteiger partial charge < -0.3 is 9.88 Å². The Bertz CT molecular complexity index is 998. The van der Waals surface area contributed by atoms with E-state index in [4.69, 9.17) is 11.6 Å². The summed E-state index contributed by atoms with van der Waals surface area (Å²) in [4.78, 5) is 21.7. The van der Waals surface area contributed by atoms with E-state index < -0.39 is 0 Å². The van der Waals surface area contributed by atoms with E-state index in [1.807, 2.05) is 0 Å². The number of aromatic nitrogens is 2. The molecule has 4 rings (SSSR count). The molecule has 0 fully saturated rings. The van der Waals surface area contributed by atoms with Gasteiger partial charge in [0.25, 0.3) is 5.56 Å². The highest BCUT2D eigenvalue weighted by Gasteiger charge is 2.11. The molecule has 1 aromatic carbocycles. The van der Waals surface area contributed by atoms with E-state index in [1.54, 1.807) is 18.2 Å². The Morgan fingerprint density at radius 1 is 1.32 bits per heavy atom. The average molecular weight is 352 g/mol. The van der Waals surface area contributed by atoms with E-state index in [0.717, 1.165) is 19.4 Å². The summed E-state index contributed by atoms with van der Waals surface area (Å²) >= 11 is 6.01. The lowest BCUT2D eigenvalue weighted by Gasteiger charge is -2.23. The number of nitrogens with zero attached hydrogens (tertiary/aromatic N) is 2. The monoisotopic (exact) mass is 351 g/mol. The molecule has 2 aliphatic rings. The number of halogens is 1. The lowest BCUT2D eigenvalue weighted by atomic mass is 9.96. The molecule has 0 spiro atoms. The molecule has 1 aromatic heterocycles. The van der Waals surface area contributed by atoms with Crippen molar-refractivity contribution in [2.24, 2.45) is 0 Å². The maximum atomic E-state index is 12.2. The molecular formula is C20H18ClN3O. The van der Waals surface area contributed by atoms with Gasteiger partial charge >= 0.3 is 0 Å². The number of hydrogen-bond donors (Lipinski definition) is 1. The van der Waals surface area contributed by atoms with E-state index in [-0.39, 0.29) is 5.56 Å². The molecule has 2 aromatic rings. The zero-order valence-electron chi connectivity index (χ0n) is 13.7. The molecule has 2 heterocycles. The highest BCUT2D eigenvalue weighted by Crippen LogP contribution is 2.24. The van der Waals surface area contributed by atoms with Gasteiger partial charge in [0.2, 0.25) is 0 Å². The summed E-state index contributed by atoms with van der Waals surface area (Å²) in [6.07, 6.45) is 15.1. The minimum atomic E-state index is -0.131. The second kappa shape index (κ2) is 6.73. The predicted octanol–water partition coefficient (Wildman–Crippen LogP) is 4.11. The van der Waals surface area contributed by atoms with Crippen molar-refractivity contribution < 1.29 is 0 Å². The van der Waals surface area contributed by atoms with Crippen LogP contribution in [-0.4, -0.2) is 21.4 Å². The quantitative estimate of drug-likeness (QED) is 0.905. The van der Waals surface area contributed by atoms with Crippen LogP contribution in [0.25, 0.3) is 10.9 Å². The first kappa shape index (κ1) is 15.9. The van der Waals surface area contributed by atoms with Gasteiger partial charge in [-0.25, -0.2) is 4.98 Å². The summed E-state index contributed by atoms with van der Waals surface area (Å²) in [6.45, 7) is 1.35. The Morgan fingerprint density at radius 2 is 2.24 bits per heavy atom. The summed E-state index contributed by atoms with van der Waals surface area (Å²) in [5.74, 6) is 0.640. The second-order valence-corrected chi connectivity index (χ2v) is 6.67. The highest BCUT2D eigenvalue weighted by atomic mass is 35.5. The van der Waals surface area contributed by atoms with Gasteiger partial charge in [0.1, 0.15) is 5.82 Å². The van der Waals surface area contributed by atoms with E-state index in [2.05, 4.69) is 51.4 Å². The minimum absolute atomic E-state index is 0.131. The maximum absolute atomic E-state index is 12.2. The molecule has 5 heteroatoms. The standard InChI is InChI=1S/C20H18ClN3O/c21-16-6-7-17-18(12-16)22-19(23-20(17)25)13-24-10-8-15(9-11-24)14-4-2-1-3-5-14/h1-2,4,6-10,12H,3,5,11,13H2,(H,22,23,25). The summed E-state index contributed by atoms with van der Waals surface area (Å²) in [7, 11) is 0. The lowest BCUT2D eigenvalue weighted by molar-refractivity contribution is 0.392. The van der Waals surface area contributed by atoms with Gasteiger partial charge in [-0.3, -0.25) is 4.79 Å². The Hall–Kier alpha value is -2.59. The van der Waals surface area contributed by atoms with Crippen LogP contribution < -0.4 is 5.56 Å². The fourth-order valence-corrected chi connectivity index (χ4v) is 3.32. The third-order valence-corrected chi connectivity index (χ3v) is 4.70. The van der Waals surface area contributed by atoms with E-state index in [0.29, 0.717) is 28.3 Å². The first-order chi connectivity index (χ1) is 12.2. The van der Waals surface area contributed by atoms with Gasteiger partial charge in [0.05, 0.1) is 17.4 Å². The first-order valence-electron chi connectivity index (χ1n) is 8.36. The van der Waals surface area contributed by atoms with E-state index in [9.17, 15) is 4.79 Å². The summed E-state index contributed by atoms with van der Waals surface area (Å²) in [6, 6.07) is 5.13. The second-order valence-electron chi connectivity index (χ2n) is 6.24. The number of nitrogens with one attached hydrogen (secondary N) is 1. The Balaban J connectivity index is 1.52. The smallest absolute Gasteiger partial charge is 0.258 e. The van der Waals surface area contributed by atoms with Crippen LogP contribution in [0.3, 0.4) is 0 Å². The Kier molecular flexibility index (Phi) is 4.28. The van der Waals surface area contributed by atoms with Crippen molar-refractivity contribution in [1.29, 1.82) is 0 Å². The van der Waals surface area contributed by atoms with Crippen molar-refractivity contribution in [3.05, 3.63) is 87.1 Å². The number of hydrogen-bond acceptors (Lipinski definition) is 3. The van der Waals surface area contributed by atoms with E-state index in [1.165, 1.54) is 11.1 Å². The number of benzene rings is 1. The van der Waals surface area contributed by atoms with Gasteiger partial charge in [-0.05, 0) is 48.3 Å². The molecule has 0 bridgehead atoms. The van der Waals surface area contributed by atoms with Gasteiger partial charge in [-0.2, -0.15) is 0 Å². The van der Waals surface area contributed by atoms with E-state index >= 15 is 0 Å². The fraction of sp³-hybridized carbons (Fsp3) is 0.200. The largest absolute Gasteiger partial charge is 0.366 e. The van der Waals surface area contributed by atoms with Crippen molar-refractivity contribution in [1.82, 2.24) is 14.9 Å². The highest BCUT2D eigenvalue weighted by molar-refractivity contribution is 6.31. The van der Waals surface area contributed by atoms with Crippen LogP contribution in [0.2, 0.25) is 5.02 Å². The third kappa shape index (κ3) is 3.44. The van der Waals surface area contributed by atoms with Crippen molar-refractivity contribution >= 4 is 22.5 Å². The molecule has 1 aliphatic heterocycles. The Labute approximate surface area is 150 Å². The number of H-pyrrole nitrogens is 1. The van der Waals surface area contributed by atoms with Crippen LogP contribution in [0.1, 0.15) is 18.7 Å². The molecule has 1 aliphatic carbocycles. The normalized spacial score (nSPS) is 16.9. The molecule has 4 nitrogen and oxygen atoms in total. The molecule has 0 atom stereocenters. The molecule has 0 saturated carbocycles. The minimum Gasteiger partial charge on any atom is -0.366 e. The van der Waals surface area contributed by atoms with Gasteiger partial charge in [-0.15, -0.1) is 0 Å². The van der Waals surface area contributed by atoms with Crippen LogP contribution in [-0.2, 0) is 6.54 Å². The zero-order chi connectivity index (χ0) is 17.2. The van der Waals surface area contributed by atoms with Gasteiger partial charge in [0, 0.05) is 17.8 Å². The van der Waals surface area contributed by atoms with Crippen LogP contribution in [0.15, 0.2) is 70.7 Å². The average Bonchev–Trinajstić information content (AvgIpc) is 2.63. The lowest BCUT2D eigenvalue weighted by Crippen LogP contribution is -2.23. The molecule has 0 radical (unpaired) electrons. The summed E-state index contributed by atoms with van der Waals surface area (Å²) in [5.41, 5.74) is 3.16. The SMILES string of the molecule is O=c1[nH]c(CN2C=CC(C3=CC=CCC3)=CC2)nc2cc(Cl)ccc12. The van der Waals surface area contributed by atoms with Crippen LogP contribution in [0.4, 0.5) is 0 Å². The fourth-order valence-electron chi connectivity index (χ4n) is 3.16. The van der Waals surface area contributed by atoms with Crippen LogP contribution >= 0.6 is 11.6 Å².